The number of carbonyl (C=O) groups is 1. The van der Waals surface area contributed by atoms with Crippen LogP contribution >= 0.6 is 12.4 Å². The number of nitrogens with zero attached hydrogens (tertiary/aromatic N) is 2. The van der Waals surface area contributed by atoms with Crippen LogP contribution in [0.3, 0.4) is 0 Å². The Kier molecular flexibility index (Phi) is 4.25. The van der Waals surface area contributed by atoms with Crippen LogP contribution in [0.5, 0.6) is 0 Å². The van der Waals surface area contributed by atoms with Crippen molar-refractivity contribution in [1.29, 1.82) is 0 Å². The summed E-state index contributed by atoms with van der Waals surface area (Å²) in [5.74, 6) is 0.456. The fourth-order valence-corrected chi connectivity index (χ4v) is 1.37. The van der Waals surface area contributed by atoms with Gasteiger partial charge in [-0.1, -0.05) is 0 Å². The molecule has 0 saturated heterocycles. The molecular weight excluding hydrogens is 230 g/mol. The van der Waals surface area contributed by atoms with Gasteiger partial charge in [-0.2, -0.15) is 0 Å². The Hall–Kier alpha value is -1.62. The third-order valence-corrected chi connectivity index (χ3v) is 2.05. The Balaban J connectivity index is 0.00000128. The number of anilines is 1. The Morgan fingerprint density at radius 3 is 3.19 bits per heavy atom. The lowest BCUT2D eigenvalue weighted by Gasteiger charge is -2.15. The molecule has 0 aromatic carbocycles. The fourth-order valence-electron chi connectivity index (χ4n) is 1.37. The summed E-state index contributed by atoms with van der Waals surface area (Å²) in [7, 11) is 0. The maximum Gasteiger partial charge on any atom is 0.335 e. The number of fused-ring (bicyclic) bond motifs is 1. The first-order valence-corrected chi connectivity index (χ1v) is 4.73. The summed E-state index contributed by atoms with van der Waals surface area (Å²) in [6.07, 6.45) is 4.88. The molecule has 0 amide bonds. The lowest BCUT2D eigenvalue weighted by atomic mass is 10.1. The first kappa shape index (κ1) is 12.4. The predicted octanol–water partition coefficient (Wildman–Crippen LogP) is 1.27. The second kappa shape index (κ2) is 5.46. The van der Waals surface area contributed by atoms with E-state index >= 15 is 0 Å². The molecule has 0 saturated carbocycles. The van der Waals surface area contributed by atoms with Gasteiger partial charge < -0.3 is 10.1 Å². The van der Waals surface area contributed by atoms with Crippen LogP contribution in [0.15, 0.2) is 18.1 Å². The normalized spacial score (nSPS) is 12.7. The number of carbonyl (C=O) groups excluding carboxylic acids is 1. The second-order valence-electron chi connectivity index (χ2n) is 3.07. The molecule has 2 rings (SSSR count). The quantitative estimate of drug-likeness (QED) is 0.790. The van der Waals surface area contributed by atoms with E-state index in [1.54, 1.807) is 19.2 Å². The van der Waals surface area contributed by atoms with Gasteiger partial charge in [0.25, 0.3) is 0 Å². The van der Waals surface area contributed by atoms with E-state index in [2.05, 4.69) is 15.3 Å². The Morgan fingerprint density at radius 1 is 1.62 bits per heavy atom. The highest BCUT2D eigenvalue weighted by Crippen LogP contribution is 2.20. The minimum atomic E-state index is -0.292. The monoisotopic (exact) mass is 241 g/mol. The van der Waals surface area contributed by atoms with Gasteiger partial charge in [-0.15, -0.1) is 12.4 Å². The van der Waals surface area contributed by atoms with Gasteiger partial charge in [0.2, 0.25) is 0 Å². The molecule has 0 radical (unpaired) electrons. The molecule has 0 spiro atoms. The van der Waals surface area contributed by atoms with Crippen LogP contribution in [-0.2, 0) is 9.53 Å². The number of aromatic nitrogens is 2. The third kappa shape index (κ3) is 2.49. The van der Waals surface area contributed by atoms with E-state index < -0.39 is 0 Å². The number of halogens is 1. The van der Waals surface area contributed by atoms with Gasteiger partial charge in [0.1, 0.15) is 12.1 Å². The molecule has 0 atom stereocenters. The van der Waals surface area contributed by atoms with Crippen LogP contribution in [0.25, 0.3) is 6.08 Å². The zero-order valence-corrected chi connectivity index (χ0v) is 9.58. The third-order valence-electron chi connectivity index (χ3n) is 2.05. The van der Waals surface area contributed by atoms with Gasteiger partial charge in [0.05, 0.1) is 12.2 Å². The van der Waals surface area contributed by atoms with Crippen molar-refractivity contribution in [2.45, 2.75) is 6.92 Å². The first-order chi connectivity index (χ1) is 7.31. The van der Waals surface area contributed by atoms with Crippen molar-refractivity contribution < 1.29 is 9.53 Å². The van der Waals surface area contributed by atoms with Gasteiger partial charge in [-0.25, -0.2) is 14.8 Å². The molecular formula is C10H12ClN3O2. The van der Waals surface area contributed by atoms with Gasteiger partial charge in [0.15, 0.2) is 0 Å². The van der Waals surface area contributed by atoms with Crippen molar-refractivity contribution in [3.8, 4) is 0 Å². The summed E-state index contributed by atoms with van der Waals surface area (Å²) in [4.78, 5) is 19.4. The predicted molar refractivity (Wildman–Crippen MR) is 62.4 cm³/mol. The minimum absolute atomic E-state index is 0. The molecule has 1 aromatic rings. The molecule has 0 bridgehead atoms. The standard InChI is InChI=1S/C10H11N3O2.ClH/c1-2-15-10(14)8-3-7-4-11-6-13-9(7)12-5-8;/h3-4,6H,2,5H2,1H3,(H,11,12,13);1H. The lowest BCUT2D eigenvalue weighted by molar-refractivity contribution is -0.138. The Labute approximate surface area is 99.3 Å². The van der Waals surface area contributed by atoms with E-state index in [0.29, 0.717) is 18.7 Å². The summed E-state index contributed by atoms with van der Waals surface area (Å²) in [5.41, 5.74) is 1.41. The van der Waals surface area contributed by atoms with E-state index in [9.17, 15) is 4.79 Å². The van der Waals surface area contributed by atoms with Crippen LogP contribution in [0.2, 0.25) is 0 Å². The van der Waals surface area contributed by atoms with Gasteiger partial charge in [-0.3, -0.25) is 0 Å². The van der Waals surface area contributed by atoms with Gasteiger partial charge in [-0.05, 0) is 13.0 Å². The summed E-state index contributed by atoms with van der Waals surface area (Å²) < 4.78 is 4.91. The maximum absolute atomic E-state index is 11.4. The van der Waals surface area contributed by atoms with Gasteiger partial charge in [0, 0.05) is 18.3 Å². The molecule has 5 nitrogen and oxygen atoms in total. The SMILES string of the molecule is CCOC(=O)C1=Cc2cncnc2NC1.Cl. The Bertz CT molecular complexity index is 420. The van der Waals surface area contributed by atoms with E-state index in [0.717, 1.165) is 11.4 Å². The van der Waals surface area contributed by atoms with E-state index in [1.165, 1.54) is 6.33 Å². The largest absolute Gasteiger partial charge is 0.463 e. The van der Waals surface area contributed by atoms with Crippen molar-refractivity contribution in [2.24, 2.45) is 0 Å². The topological polar surface area (TPSA) is 64.1 Å². The second-order valence-corrected chi connectivity index (χ2v) is 3.07. The molecule has 6 heteroatoms. The zero-order chi connectivity index (χ0) is 10.7. The zero-order valence-electron chi connectivity index (χ0n) is 8.77. The van der Waals surface area contributed by atoms with Crippen molar-refractivity contribution in [3.05, 3.63) is 23.7 Å². The number of hydrogen-bond donors (Lipinski definition) is 1. The molecule has 2 heterocycles. The van der Waals surface area contributed by atoms with Crippen LogP contribution in [0.4, 0.5) is 5.82 Å². The average Bonchev–Trinajstić information content (AvgIpc) is 2.29. The molecule has 1 aliphatic heterocycles. The molecule has 1 aromatic heterocycles. The number of esters is 1. The van der Waals surface area contributed by atoms with Gasteiger partial charge >= 0.3 is 5.97 Å². The average molecular weight is 242 g/mol. The van der Waals surface area contributed by atoms with Crippen molar-refractivity contribution >= 4 is 30.3 Å². The highest BCUT2D eigenvalue weighted by atomic mass is 35.5. The summed E-state index contributed by atoms with van der Waals surface area (Å²) in [6.45, 7) is 2.61. The molecule has 16 heavy (non-hydrogen) atoms. The number of ether oxygens (including phenoxy) is 1. The molecule has 0 aliphatic carbocycles. The minimum Gasteiger partial charge on any atom is -0.463 e. The van der Waals surface area contributed by atoms with E-state index in [-0.39, 0.29) is 18.4 Å². The Morgan fingerprint density at radius 2 is 2.44 bits per heavy atom. The number of nitrogens with one attached hydrogen (secondary N) is 1. The van der Waals surface area contributed by atoms with E-state index in [1.807, 2.05) is 0 Å². The molecule has 0 unspecified atom stereocenters. The van der Waals surface area contributed by atoms with Crippen molar-refractivity contribution in [2.75, 3.05) is 18.5 Å². The smallest absolute Gasteiger partial charge is 0.335 e. The lowest BCUT2D eigenvalue weighted by Crippen LogP contribution is -2.19. The molecule has 0 fully saturated rings. The molecule has 1 aliphatic rings. The fraction of sp³-hybridized carbons (Fsp3) is 0.300. The van der Waals surface area contributed by atoms with Crippen LogP contribution < -0.4 is 5.32 Å². The summed E-state index contributed by atoms with van der Waals surface area (Å²) in [6, 6.07) is 0. The number of rotatable bonds is 2. The molecule has 86 valence electrons. The van der Waals surface area contributed by atoms with Crippen molar-refractivity contribution in [3.63, 3.8) is 0 Å². The summed E-state index contributed by atoms with van der Waals surface area (Å²) >= 11 is 0. The van der Waals surface area contributed by atoms with Crippen LogP contribution in [-0.4, -0.2) is 29.1 Å². The maximum atomic E-state index is 11.4. The highest BCUT2D eigenvalue weighted by molar-refractivity contribution is 5.96. The van der Waals surface area contributed by atoms with Crippen molar-refractivity contribution in [1.82, 2.24) is 9.97 Å². The highest BCUT2D eigenvalue weighted by Gasteiger charge is 2.16. The van der Waals surface area contributed by atoms with E-state index in [4.69, 9.17) is 4.74 Å². The number of hydrogen-bond acceptors (Lipinski definition) is 5. The molecule has 1 N–H and O–H groups in total. The summed E-state index contributed by atoms with van der Waals surface area (Å²) in [5, 5.41) is 3.03. The van der Waals surface area contributed by atoms with Crippen LogP contribution in [0.1, 0.15) is 12.5 Å². The van der Waals surface area contributed by atoms with Crippen LogP contribution in [0, 0.1) is 0 Å². The first-order valence-electron chi connectivity index (χ1n) is 4.73.